The summed E-state index contributed by atoms with van der Waals surface area (Å²) in [5.74, 6) is -0.0981. The van der Waals surface area contributed by atoms with Crippen molar-refractivity contribution in [2.75, 3.05) is 19.6 Å². The van der Waals surface area contributed by atoms with Gasteiger partial charge in [0.1, 0.15) is 6.04 Å². The fourth-order valence-corrected chi connectivity index (χ4v) is 6.79. The van der Waals surface area contributed by atoms with Crippen molar-refractivity contribution in [1.82, 2.24) is 20.3 Å². The van der Waals surface area contributed by atoms with E-state index < -0.39 is 22.0 Å². The first-order chi connectivity index (χ1) is 18.1. The van der Waals surface area contributed by atoms with Crippen LogP contribution in [-0.2, 0) is 32.6 Å². The van der Waals surface area contributed by atoms with Crippen molar-refractivity contribution in [2.45, 2.75) is 76.4 Å². The van der Waals surface area contributed by atoms with Crippen LogP contribution in [0.25, 0.3) is 0 Å². The Morgan fingerprint density at radius 2 is 1.92 bits per heavy atom. The molecule has 2 aromatic carbocycles. The van der Waals surface area contributed by atoms with E-state index in [0.717, 1.165) is 49.9 Å². The monoisotopic (exact) mass is 540 g/mol. The molecular weight excluding hydrogens is 500 g/mol. The molecule has 206 valence electrons. The van der Waals surface area contributed by atoms with Gasteiger partial charge in [-0.2, -0.15) is 4.31 Å². The van der Waals surface area contributed by atoms with Gasteiger partial charge in [-0.1, -0.05) is 49.7 Å². The molecular formula is C29H40N4O4S. The summed E-state index contributed by atoms with van der Waals surface area (Å²) in [4.78, 5) is 26.0. The third kappa shape index (κ3) is 6.81. The van der Waals surface area contributed by atoms with E-state index in [-0.39, 0.29) is 36.4 Å². The minimum absolute atomic E-state index is 0.124. The molecule has 9 heteroatoms. The molecule has 0 aromatic heterocycles. The SMILES string of the molecule is Cc1ccc(S(=O)(=O)N2CCNC(=O)[C@H]2CC(=O)N[C@@H]2CCCc3cc(CNCCC(C)C)ccc32)cc1. The zero-order valence-corrected chi connectivity index (χ0v) is 23.4. The maximum absolute atomic E-state index is 13.4. The summed E-state index contributed by atoms with van der Waals surface area (Å²) in [6, 6.07) is 11.7. The number of amides is 2. The van der Waals surface area contributed by atoms with Crippen LogP contribution in [0.15, 0.2) is 47.4 Å². The minimum atomic E-state index is -3.92. The fraction of sp³-hybridized carbons (Fsp3) is 0.517. The van der Waals surface area contributed by atoms with E-state index in [2.05, 4.69) is 48.0 Å². The smallest absolute Gasteiger partial charge is 0.243 e. The van der Waals surface area contributed by atoms with Crippen molar-refractivity contribution in [1.29, 1.82) is 0 Å². The Morgan fingerprint density at radius 3 is 2.66 bits per heavy atom. The van der Waals surface area contributed by atoms with Crippen LogP contribution in [0.5, 0.6) is 0 Å². The van der Waals surface area contributed by atoms with Gasteiger partial charge < -0.3 is 16.0 Å². The topological polar surface area (TPSA) is 108 Å². The molecule has 1 saturated heterocycles. The second kappa shape index (κ2) is 12.4. The molecule has 0 bridgehead atoms. The van der Waals surface area contributed by atoms with E-state index in [4.69, 9.17) is 0 Å². The fourth-order valence-electron chi connectivity index (χ4n) is 5.20. The molecule has 1 heterocycles. The van der Waals surface area contributed by atoms with Crippen LogP contribution in [0, 0.1) is 12.8 Å². The first-order valence-electron chi connectivity index (χ1n) is 13.6. The molecule has 0 spiro atoms. The number of carbonyl (C=O) groups is 2. The highest BCUT2D eigenvalue weighted by Gasteiger charge is 2.40. The summed E-state index contributed by atoms with van der Waals surface area (Å²) in [6.07, 6.45) is 3.66. The number of nitrogens with one attached hydrogen (secondary N) is 3. The van der Waals surface area contributed by atoms with Gasteiger partial charge in [-0.05, 0) is 73.9 Å². The standard InChI is InChI=1S/C29H40N4O4S/c1-20(2)13-14-30-19-22-9-12-25-23(17-22)5-4-6-26(25)32-28(34)18-27-29(35)31-15-16-33(27)38(36,37)24-10-7-21(3)8-11-24/h7-12,17,20,26-27,30H,4-6,13-16,18-19H2,1-3H3,(H,31,35)(H,32,34)/t26-,27-/m1/s1. The number of rotatable bonds is 10. The maximum Gasteiger partial charge on any atom is 0.243 e. The second-order valence-electron chi connectivity index (χ2n) is 10.8. The van der Waals surface area contributed by atoms with Crippen LogP contribution in [0.1, 0.15) is 67.8 Å². The maximum atomic E-state index is 13.4. The number of fused-ring (bicyclic) bond motifs is 1. The zero-order valence-electron chi connectivity index (χ0n) is 22.6. The summed E-state index contributed by atoms with van der Waals surface area (Å²) in [7, 11) is -3.92. The number of piperazine rings is 1. The predicted molar refractivity (Wildman–Crippen MR) is 148 cm³/mol. The summed E-state index contributed by atoms with van der Waals surface area (Å²) >= 11 is 0. The number of sulfonamides is 1. The number of benzene rings is 2. The molecule has 4 rings (SSSR count). The number of nitrogens with zero attached hydrogens (tertiary/aromatic N) is 1. The van der Waals surface area contributed by atoms with Gasteiger partial charge in [0.15, 0.2) is 0 Å². The Bertz CT molecular complexity index is 1240. The third-order valence-corrected chi connectivity index (χ3v) is 9.29. The molecule has 1 aliphatic carbocycles. The Balaban J connectivity index is 1.43. The lowest BCUT2D eigenvalue weighted by Gasteiger charge is -2.34. The summed E-state index contributed by atoms with van der Waals surface area (Å²) in [5, 5.41) is 9.31. The minimum Gasteiger partial charge on any atom is -0.353 e. The quantitative estimate of drug-likeness (QED) is 0.401. The zero-order chi connectivity index (χ0) is 27.3. The molecule has 38 heavy (non-hydrogen) atoms. The normalized spacial score (nSPS) is 20.2. The van der Waals surface area contributed by atoms with Gasteiger partial charge in [0.05, 0.1) is 17.4 Å². The summed E-state index contributed by atoms with van der Waals surface area (Å²) in [6.45, 7) is 8.46. The van der Waals surface area contributed by atoms with Gasteiger partial charge in [-0.3, -0.25) is 9.59 Å². The molecule has 0 saturated carbocycles. The molecule has 8 nitrogen and oxygen atoms in total. The molecule has 2 aliphatic rings. The molecule has 0 radical (unpaired) electrons. The van der Waals surface area contributed by atoms with Crippen molar-refractivity contribution >= 4 is 21.8 Å². The molecule has 1 aliphatic heterocycles. The van der Waals surface area contributed by atoms with E-state index >= 15 is 0 Å². The van der Waals surface area contributed by atoms with E-state index in [9.17, 15) is 18.0 Å². The highest BCUT2D eigenvalue weighted by molar-refractivity contribution is 7.89. The van der Waals surface area contributed by atoms with Crippen LogP contribution < -0.4 is 16.0 Å². The molecule has 2 aromatic rings. The van der Waals surface area contributed by atoms with Crippen molar-refractivity contribution < 1.29 is 18.0 Å². The van der Waals surface area contributed by atoms with E-state index in [1.165, 1.54) is 15.4 Å². The Hall–Kier alpha value is -2.75. The molecule has 3 N–H and O–H groups in total. The Kier molecular flexibility index (Phi) is 9.23. The third-order valence-electron chi connectivity index (χ3n) is 7.37. The summed E-state index contributed by atoms with van der Waals surface area (Å²) in [5.41, 5.74) is 4.52. The van der Waals surface area contributed by atoms with Crippen LogP contribution >= 0.6 is 0 Å². The average molecular weight is 541 g/mol. The highest BCUT2D eigenvalue weighted by atomic mass is 32.2. The largest absolute Gasteiger partial charge is 0.353 e. The van der Waals surface area contributed by atoms with Gasteiger partial charge in [0, 0.05) is 19.6 Å². The van der Waals surface area contributed by atoms with Crippen LogP contribution in [0.4, 0.5) is 0 Å². The van der Waals surface area contributed by atoms with Crippen molar-refractivity contribution in [2.24, 2.45) is 5.92 Å². The Morgan fingerprint density at radius 1 is 1.16 bits per heavy atom. The van der Waals surface area contributed by atoms with Crippen molar-refractivity contribution in [3.8, 4) is 0 Å². The van der Waals surface area contributed by atoms with Crippen LogP contribution in [0.2, 0.25) is 0 Å². The molecule has 0 unspecified atom stereocenters. The van der Waals surface area contributed by atoms with Crippen LogP contribution in [-0.4, -0.2) is 50.2 Å². The van der Waals surface area contributed by atoms with E-state index in [1.54, 1.807) is 24.3 Å². The predicted octanol–water partition coefficient (Wildman–Crippen LogP) is 3.20. The van der Waals surface area contributed by atoms with E-state index in [0.29, 0.717) is 5.92 Å². The summed E-state index contributed by atoms with van der Waals surface area (Å²) < 4.78 is 27.9. The first-order valence-corrected chi connectivity index (χ1v) is 15.1. The lowest BCUT2D eigenvalue weighted by atomic mass is 9.86. The van der Waals surface area contributed by atoms with Crippen molar-refractivity contribution in [3.63, 3.8) is 0 Å². The van der Waals surface area contributed by atoms with Gasteiger partial charge >= 0.3 is 0 Å². The van der Waals surface area contributed by atoms with Crippen molar-refractivity contribution in [3.05, 3.63) is 64.7 Å². The Labute approximate surface area is 226 Å². The van der Waals surface area contributed by atoms with Crippen LogP contribution in [0.3, 0.4) is 0 Å². The number of hydrogen-bond donors (Lipinski definition) is 3. The number of carbonyl (C=O) groups excluding carboxylic acids is 2. The van der Waals surface area contributed by atoms with Gasteiger partial charge in [-0.25, -0.2) is 8.42 Å². The first kappa shape index (κ1) is 28.3. The lowest BCUT2D eigenvalue weighted by molar-refractivity contribution is -0.132. The molecule has 1 fully saturated rings. The lowest BCUT2D eigenvalue weighted by Crippen LogP contribution is -2.58. The van der Waals surface area contributed by atoms with E-state index in [1.807, 2.05) is 6.92 Å². The number of hydrogen-bond acceptors (Lipinski definition) is 5. The highest BCUT2D eigenvalue weighted by Crippen LogP contribution is 2.31. The second-order valence-corrected chi connectivity index (χ2v) is 12.7. The number of aryl methyl sites for hydroxylation is 2. The van der Waals surface area contributed by atoms with Gasteiger partial charge in [-0.15, -0.1) is 0 Å². The average Bonchev–Trinajstić information content (AvgIpc) is 2.88. The molecule has 2 atom stereocenters. The van der Waals surface area contributed by atoms with Gasteiger partial charge in [0.25, 0.3) is 0 Å². The van der Waals surface area contributed by atoms with Gasteiger partial charge in [0.2, 0.25) is 21.8 Å². The molecule has 2 amide bonds.